The number of likely N-dealkylation sites (tertiary alicyclic amines) is 1. The van der Waals surface area contributed by atoms with Crippen LogP contribution in [0.3, 0.4) is 0 Å². The van der Waals surface area contributed by atoms with Gasteiger partial charge < -0.3 is 29.9 Å². The average Bonchev–Trinajstić information content (AvgIpc) is 3.35. The van der Waals surface area contributed by atoms with E-state index in [1.54, 1.807) is 0 Å². The number of β-amino-alcohol motifs (C(OH)–C–C–N with tert-alkyl or cyclic N) is 1. The molecule has 0 amide bonds. The van der Waals surface area contributed by atoms with Crippen LogP contribution in [0.1, 0.15) is 42.5 Å². The molecule has 202 valence electrons. The topological polar surface area (TPSA) is 101 Å². The molecule has 4 aliphatic rings. The molecule has 0 bridgehead atoms. The Kier molecular flexibility index (Phi) is 7.37. The number of piperazine rings is 1. The van der Waals surface area contributed by atoms with Crippen LogP contribution in [0.5, 0.6) is 6.01 Å². The van der Waals surface area contributed by atoms with E-state index >= 15 is 0 Å². The number of hydrogen-bond donors (Lipinski definition) is 2. The molecule has 0 radical (unpaired) electrons. The molecule has 9 heteroatoms. The van der Waals surface area contributed by atoms with Crippen molar-refractivity contribution >= 4 is 11.5 Å². The number of aliphatic hydroxyl groups excluding tert-OH is 1. The van der Waals surface area contributed by atoms with Gasteiger partial charge in [-0.05, 0) is 50.9 Å². The summed E-state index contributed by atoms with van der Waals surface area (Å²) in [6.45, 7) is 4.81. The molecule has 2 saturated heterocycles. The van der Waals surface area contributed by atoms with Crippen molar-refractivity contribution in [3.05, 3.63) is 41.1 Å². The van der Waals surface area contributed by atoms with Crippen LogP contribution in [-0.2, 0) is 19.3 Å². The molecule has 1 aromatic carbocycles. The summed E-state index contributed by atoms with van der Waals surface area (Å²) in [6.07, 6.45) is 5.87. The van der Waals surface area contributed by atoms with Crippen LogP contribution < -0.4 is 19.9 Å². The molecule has 2 N–H and O–H groups in total. The van der Waals surface area contributed by atoms with Gasteiger partial charge >= 0.3 is 6.01 Å². The summed E-state index contributed by atoms with van der Waals surface area (Å²) < 4.78 is 6.27. The summed E-state index contributed by atoms with van der Waals surface area (Å²) in [7, 11) is 2.16. The minimum absolute atomic E-state index is 0.138. The van der Waals surface area contributed by atoms with Gasteiger partial charge in [-0.3, -0.25) is 0 Å². The quantitative estimate of drug-likeness (QED) is 0.595. The summed E-state index contributed by atoms with van der Waals surface area (Å²) in [5, 5.41) is 23.4. The van der Waals surface area contributed by atoms with Gasteiger partial charge in [0, 0.05) is 68.4 Å². The molecule has 4 atom stereocenters. The third-order valence-electron chi connectivity index (χ3n) is 8.78. The van der Waals surface area contributed by atoms with Crippen LogP contribution >= 0.6 is 0 Å². The van der Waals surface area contributed by atoms with Crippen LogP contribution in [0.4, 0.5) is 11.5 Å². The lowest BCUT2D eigenvalue weighted by molar-refractivity contribution is 0.170. The molecule has 0 saturated carbocycles. The Bertz CT molecular complexity index is 1180. The number of para-hydroxylation sites is 1. The first-order valence-electron chi connectivity index (χ1n) is 14.2. The van der Waals surface area contributed by atoms with Crippen LogP contribution in [0.25, 0.3) is 0 Å². The maximum absolute atomic E-state index is 10.6. The SMILES string of the molecule is CN1CCC[C@H]1COc1nc2c(c(N3CCN[C@@H](CC#N)C3)n1)CCC(N1CC(O)Cc3ccccc31)C2. The maximum Gasteiger partial charge on any atom is 0.318 e. The zero-order chi connectivity index (χ0) is 26.1. The number of rotatable bonds is 6. The molecule has 2 aromatic rings. The number of anilines is 2. The molecule has 2 fully saturated rings. The molecule has 9 nitrogen and oxygen atoms in total. The number of hydrogen-bond acceptors (Lipinski definition) is 9. The van der Waals surface area contributed by atoms with Crippen LogP contribution in [0, 0.1) is 11.3 Å². The predicted octanol–water partition coefficient (Wildman–Crippen LogP) is 1.92. The highest BCUT2D eigenvalue weighted by molar-refractivity contribution is 5.58. The second-order valence-electron chi connectivity index (χ2n) is 11.3. The van der Waals surface area contributed by atoms with Crippen molar-refractivity contribution < 1.29 is 9.84 Å². The molecule has 38 heavy (non-hydrogen) atoms. The van der Waals surface area contributed by atoms with Gasteiger partial charge in [0.2, 0.25) is 0 Å². The number of benzene rings is 1. The minimum atomic E-state index is -0.354. The van der Waals surface area contributed by atoms with E-state index in [0.717, 1.165) is 63.4 Å². The van der Waals surface area contributed by atoms with E-state index in [0.29, 0.717) is 38.0 Å². The van der Waals surface area contributed by atoms with Crippen molar-refractivity contribution in [2.24, 2.45) is 0 Å². The summed E-state index contributed by atoms with van der Waals surface area (Å²) in [5.74, 6) is 0.978. The molecular weight excluding hydrogens is 478 g/mol. The zero-order valence-electron chi connectivity index (χ0n) is 22.3. The van der Waals surface area contributed by atoms with E-state index < -0.39 is 0 Å². The highest BCUT2D eigenvalue weighted by Gasteiger charge is 2.34. The Morgan fingerprint density at radius 1 is 1.16 bits per heavy atom. The number of fused-ring (bicyclic) bond motifs is 2. The average molecular weight is 518 g/mol. The monoisotopic (exact) mass is 517 g/mol. The number of aromatic nitrogens is 2. The van der Waals surface area contributed by atoms with Gasteiger partial charge in [0.1, 0.15) is 12.4 Å². The summed E-state index contributed by atoms with van der Waals surface area (Å²) in [6, 6.07) is 12.1. The Balaban J connectivity index is 1.29. The van der Waals surface area contributed by atoms with Crippen molar-refractivity contribution in [2.45, 2.75) is 69.2 Å². The Morgan fingerprint density at radius 3 is 2.89 bits per heavy atom. The standard InChI is InChI=1S/C29H39N7O2/c1-34-13-4-6-23(34)19-38-29-32-26-16-22(36-18-24(37)15-20-5-2-3-7-27(20)36)8-9-25(26)28(33-29)35-14-12-31-21(17-35)10-11-30/h2-3,5,7,21-24,31,37H,4,6,8-10,12-19H2,1H3/t21-,22?,23-,24?/m0/s1. The smallest absolute Gasteiger partial charge is 0.318 e. The van der Waals surface area contributed by atoms with Gasteiger partial charge in [0.15, 0.2) is 0 Å². The van der Waals surface area contributed by atoms with Crippen molar-refractivity contribution in [1.82, 2.24) is 20.2 Å². The zero-order valence-corrected chi connectivity index (χ0v) is 22.3. The highest BCUT2D eigenvalue weighted by atomic mass is 16.5. The van der Waals surface area contributed by atoms with Crippen molar-refractivity contribution in [3.63, 3.8) is 0 Å². The number of nitriles is 1. The molecule has 6 rings (SSSR count). The van der Waals surface area contributed by atoms with Gasteiger partial charge in [0.05, 0.1) is 24.3 Å². The van der Waals surface area contributed by atoms with Crippen molar-refractivity contribution in [1.29, 1.82) is 5.26 Å². The Hall–Kier alpha value is -2.93. The first-order valence-corrected chi connectivity index (χ1v) is 14.2. The minimum Gasteiger partial charge on any atom is -0.462 e. The van der Waals surface area contributed by atoms with Gasteiger partial charge in [-0.25, -0.2) is 0 Å². The van der Waals surface area contributed by atoms with Gasteiger partial charge in [-0.2, -0.15) is 15.2 Å². The van der Waals surface area contributed by atoms with Crippen molar-refractivity contribution in [2.75, 3.05) is 56.2 Å². The van der Waals surface area contributed by atoms with E-state index in [-0.39, 0.29) is 18.2 Å². The number of aliphatic hydroxyl groups is 1. The van der Waals surface area contributed by atoms with E-state index in [2.05, 4.69) is 57.4 Å². The van der Waals surface area contributed by atoms with E-state index in [9.17, 15) is 10.4 Å². The maximum atomic E-state index is 10.6. The highest BCUT2D eigenvalue weighted by Crippen LogP contribution is 2.36. The third kappa shape index (κ3) is 5.18. The van der Waals surface area contributed by atoms with Gasteiger partial charge in [-0.15, -0.1) is 0 Å². The fourth-order valence-corrected chi connectivity index (χ4v) is 6.73. The van der Waals surface area contributed by atoms with E-state index in [1.165, 1.54) is 23.2 Å². The lowest BCUT2D eigenvalue weighted by atomic mass is 9.88. The molecule has 2 unspecified atom stereocenters. The van der Waals surface area contributed by atoms with Gasteiger partial charge in [-0.1, -0.05) is 18.2 Å². The molecule has 1 aromatic heterocycles. The molecular formula is C29H39N7O2. The lowest BCUT2D eigenvalue weighted by Crippen LogP contribution is -2.51. The van der Waals surface area contributed by atoms with E-state index in [1.807, 2.05) is 0 Å². The Labute approximate surface area is 225 Å². The fourth-order valence-electron chi connectivity index (χ4n) is 6.73. The molecule has 3 aliphatic heterocycles. The fraction of sp³-hybridized carbons (Fsp3) is 0.621. The molecule has 4 heterocycles. The number of nitrogens with zero attached hydrogens (tertiary/aromatic N) is 6. The lowest BCUT2D eigenvalue weighted by Gasteiger charge is -2.42. The first kappa shape index (κ1) is 25.4. The summed E-state index contributed by atoms with van der Waals surface area (Å²) in [5.41, 5.74) is 4.74. The summed E-state index contributed by atoms with van der Waals surface area (Å²) in [4.78, 5) is 17.1. The number of ether oxygens (including phenoxy) is 1. The van der Waals surface area contributed by atoms with Crippen LogP contribution in [-0.4, -0.2) is 90.6 Å². The first-order chi connectivity index (χ1) is 18.6. The second kappa shape index (κ2) is 11.0. The predicted molar refractivity (Wildman–Crippen MR) is 147 cm³/mol. The van der Waals surface area contributed by atoms with Crippen molar-refractivity contribution in [3.8, 4) is 12.1 Å². The second-order valence-corrected chi connectivity index (χ2v) is 11.3. The molecule has 0 spiro atoms. The third-order valence-corrected chi connectivity index (χ3v) is 8.78. The molecule has 1 aliphatic carbocycles. The number of nitrogens with one attached hydrogen (secondary N) is 1. The number of likely N-dealkylation sites (N-methyl/N-ethyl adjacent to an activating group) is 1. The van der Waals surface area contributed by atoms with Crippen LogP contribution in [0.2, 0.25) is 0 Å². The van der Waals surface area contributed by atoms with E-state index in [4.69, 9.17) is 14.7 Å². The Morgan fingerprint density at radius 2 is 2.05 bits per heavy atom. The largest absolute Gasteiger partial charge is 0.462 e. The van der Waals surface area contributed by atoms with Gasteiger partial charge in [0.25, 0.3) is 0 Å². The van der Waals surface area contributed by atoms with Crippen LogP contribution in [0.15, 0.2) is 24.3 Å². The summed E-state index contributed by atoms with van der Waals surface area (Å²) >= 11 is 0. The normalized spacial score (nSPS) is 27.5.